The van der Waals surface area contributed by atoms with E-state index >= 15 is 0 Å². The van der Waals surface area contributed by atoms with Crippen molar-refractivity contribution in [3.05, 3.63) is 65.5 Å². The van der Waals surface area contributed by atoms with Crippen molar-refractivity contribution in [3.63, 3.8) is 0 Å². The molecule has 4 rings (SSSR count). The normalized spacial score (nSPS) is 26.9. The number of rotatable bonds is 5. The molecule has 0 spiro atoms. The van der Waals surface area contributed by atoms with Crippen molar-refractivity contribution in [1.82, 2.24) is 5.32 Å². The molecule has 2 aromatic carbocycles. The van der Waals surface area contributed by atoms with Crippen molar-refractivity contribution >= 4 is 29.3 Å². The van der Waals surface area contributed by atoms with E-state index in [-0.39, 0.29) is 23.6 Å². The molecule has 0 bridgehead atoms. The van der Waals surface area contributed by atoms with Gasteiger partial charge in [0, 0.05) is 17.2 Å². The van der Waals surface area contributed by atoms with E-state index in [2.05, 4.69) is 5.32 Å². The molecular weight excluding hydrogens is 415 g/mol. The molecule has 0 saturated carbocycles. The fourth-order valence-electron chi connectivity index (χ4n) is 4.72. The van der Waals surface area contributed by atoms with Crippen molar-refractivity contribution in [2.75, 3.05) is 11.5 Å². The number of hydrogen-bond donors (Lipinski definition) is 1. The average molecular weight is 438 g/mol. The number of fused-ring (bicyclic) bond motifs is 1. The summed E-state index contributed by atoms with van der Waals surface area (Å²) < 4.78 is 19.9. The first-order chi connectivity index (χ1) is 15.2. The molecule has 0 aliphatic carbocycles. The Kier molecular flexibility index (Phi) is 5.42. The largest absolute Gasteiger partial charge is 0.465 e. The summed E-state index contributed by atoms with van der Waals surface area (Å²) in [6.07, 6.45) is 0. The minimum Gasteiger partial charge on any atom is -0.465 e. The summed E-state index contributed by atoms with van der Waals surface area (Å²) in [7, 11) is 0. The molecule has 0 unspecified atom stereocenters. The maximum absolute atomic E-state index is 14.7. The number of amides is 2. The highest BCUT2D eigenvalue weighted by atomic mass is 19.1. The highest BCUT2D eigenvalue weighted by Gasteiger charge is 2.67. The molecule has 7 nitrogen and oxygen atoms in total. The molecule has 1 N–H and O–H groups in total. The van der Waals surface area contributed by atoms with Crippen LogP contribution in [0, 0.1) is 17.7 Å². The van der Waals surface area contributed by atoms with Crippen molar-refractivity contribution in [2.24, 2.45) is 11.8 Å². The molecular formula is C24H23FN2O5. The van der Waals surface area contributed by atoms with Crippen LogP contribution in [0.4, 0.5) is 10.1 Å². The third-order valence-electron chi connectivity index (χ3n) is 6.24. The van der Waals surface area contributed by atoms with Crippen LogP contribution in [-0.2, 0) is 19.1 Å². The molecule has 166 valence electrons. The number of nitrogens with one attached hydrogen (secondary N) is 1. The van der Waals surface area contributed by atoms with Gasteiger partial charge in [-0.1, -0.05) is 30.3 Å². The first kappa shape index (κ1) is 21.8. The second-order valence-electron chi connectivity index (χ2n) is 8.19. The number of imide groups is 1. The van der Waals surface area contributed by atoms with E-state index < -0.39 is 47.0 Å². The second kappa shape index (κ2) is 7.94. The van der Waals surface area contributed by atoms with E-state index in [0.29, 0.717) is 5.56 Å². The summed E-state index contributed by atoms with van der Waals surface area (Å²) in [5.74, 6) is -4.72. The maximum atomic E-state index is 14.7. The van der Waals surface area contributed by atoms with Gasteiger partial charge in [0.1, 0.15) is 11.4 Å². The topological polar surface area (TPSA) is 92.8 Å². The molecule has 8 heteroatoms. The Hall–Kier alpha value is -3.39. The van der Waals surface area contributed by atoms with Crippen LogP contribution in [-0.4, -0.2) is 35.7 Å². The highest BCUT2D eigenvalue weighted by molar-refractivity contribution is 6.24. The number of anilines is 1. The molecule has 2 aliphatic rings. The summed E-state index contributed by atoms with van der Waals surface area (Å²) >= 11 is 0. The van der Waals surface area contributed by atoms with E-state index in [4.69, 9.17) is 4.74 Å². The third-order valence-corrected chi connectivity index (χ3v) is 6.24. The van der Waals surface area contributed by atoms with Gasteiger partial charge in [-0.25, -0.2) is 9.29 Å². The van der Waals surface area contributed by atoms with Crippen LogP contribution in [0.15, 0.2) is 48.5 Å². The summed E-state index contributed by atoms with van der Waals surface area (Å²) in [5.41, 5.74) is -0.762. The number of nitrogens with zero attached hydrogens (tertiary/aromatic N) is 1. The Balaban J connectivity index is 1.84. The lowest BCUT2D eigenvalue weighted by atomic mass is 9.80. The van der Waals surface area contributed by atoms with E-state index in [1.54, 1.807) is 31.2 Å². The number of ether oxygens (including phenoxy) is 1. The first-order valence-corrected chi connectivity index (χ1v) is 10.4. The Bertz CT molecular complexity index is 1130. The molecule has 2 amide bonds. The number of carbonyl (C=O) groups excluding carboxylic acids is 4. The molecule has 2 saturated heterocycles. The van der Waals surface area contributed by atoms with Crippen molar-refractivity contribution in [3.8, 4) is 0 Å². The standard InChI is InChI=1S/C24H23FN2O5/c1-4-32-23(31)24(3)19-18(20(26-24)16-10-5-6-11-17(16)25)21(29)27(22(19)30)15-9-7-8-14(12-15)13(2)28/h5-12,18-20,26H,4H2,1-3H3/t18-,19+,20-,24+/m0/s1. The monoisotopic (exact) mass is 438 g/mol. The smallest absolute Gasteiger partial charge is 0.326 e. The second-order valence-corrected chi connectivity index (χ2v) is 8.19. The van der Waals surface area contributed by atoms with Crippen molar-refractivity contribution in [2.45, 2.75) is 32.4 Å². The van der Waals surface area contributed by atoms with Gasteiger partial charge in [0.05, 0.1) is 24.1 Å². The first-order valence-electron chi connectivity index (χ1n) is 10.4. The molecule has 32 heavy (non-hydrogen) atoms. The fourth-order valence-corrected chi connectivity index (χ4v) is 4.72. The van der Waals surface area contributed by atoms with E-state index in [0.717, 1.165) is 4.90 Å². The van der Waals surface area contributed by atoms with Gasteiger partial charge in [-0.2, -0.15) is 0 Å². The van der Waals surface area contributed by atoms with Crippen LogP contribution in [0.2, 0.25) is 0 Å². The number of benzene rings is 2. The van der Waals surface area contributed by atoms with E-state index in [1.807, 2.05) is 0 Å². The van der Waals surface area contributed by atoms with Crippen LogP contribution in [0.5, 0.6) is 0 Å². The summed E-state index contributed by atoms with van der Waals surface area (Å²) in [6, 6.07) is 11.2. The number of carbonyl (C=O) groups is 4. The van der Waals surface area contributed by atoms with E-state index in [9.17, 15) is 23.6 Å². The predicted molar refractivity (Wildman–Crippen MR) is 113 cm³/mol. The predicted octanol–water partition coefficient (Wildman–Crippen LogP) is 2.80. The Labute approximate surface area is 184 Å². The zero-order valence-corrected chi connectivity index (χ0v) is 17.9. The van der Waals surface area contributed by atoms with Crippen LogP contribution < -0.4 is 10.2 Å². The van der Waals surface area contributed by atoms with E-state index in [1.165, 1.54) is 38.1 Å². The van der Waals surface area contributed by atoms with Gasteiger partial charge >= 0.3 is 5.97 Å². The minimum absolute atomic E-state index is 0.0877. The van der Waals surface area contributed by atoms with Crippen LogP contribution in [0.3, 0.4) is 0 Å². The molecule has 0 aromatic heterocycles. The van der Waals surface area contributed by atoms with Crippen LogP contribution in [0.1, 0.15) is 42.7 Å². The number of ketones is 1. The Morgan fingerprint density at radius 2 is 1.84 bits per heavy atom. The number of halogens is 1. The third kappa shape index (κ3) is 3.22. The molecule has 0 radical (unpaired) electrons. The summed E-state index contributed by atoms with van der Waals surface area (Å²) in [5, 5.41) is 3.04. The van der Waals surface area contributed by atoms with Gasteiger partial charge in [0.15, 0.2) is 5.78 Å². The van der Waals surface area contributed by atoms with Crippen LogP contribution >= 0.6 is 0 Å². The molecule has 2 heterocycles. The fraction of sp³-hybridized carbons (Fsp3) is 0.333. The Morgan fingerprint density at radius 3 is 2.50 bits per heavy atom. The van der Waals surface area contributed by atoms with Gasteiger partial charge in [-0.3, -0.25) is 24.5 Å². The molecule has 4 atom stereocenters. The average Bonchev–Trinajstić information content (AvgIpc) is 3.22. The highest BCUT2D eigenvalue weighted by Crippen LogP contribution is 2.50. The summed E-state index contributed by atoms with van der Waals surface area (Å²) in [6.45, 7) is 4.62. The van der Waals surface area contributed by atoms with Gasteiger partial charge in [-0.05, 0) is 39.0 Å². The lowest BCUT2D eigenvalue weighted by molar-refractivity contribution is -0.153. The number of hydrogen-bond acceptors (Lipinski definition) is 6. The molecule has 2 fully saturated rings. The molecule has 2 aromatic rings. The van der Waals surface area contributed by atoms with Gasteiger partial charge in [0.2, 0.25) is 11.8 Å². The van der Waals surface area contributed by atoms with Crippen LogP contribution in [0.25, 0.3) is 0 Å². The minimum atomic E-state index is -1.53. The SMILES string of the molecule is CCOC(=O)[C@]1(C)N[C@@H](c2ccccc2F)[C@H]2C(=O)N(c3cccc(C(C)=O)c3)C(=O)[C@@H]21. The van der Waals surface area contributed by atoms with Gasteiger partial charge in [-0.15, -0.1) is 0 Å². The lowest BCUT2D eigenvalue weighted by Gasteiger charge is -2.29. The number of esters is 1. The van der Waals surface area contributed by atoms with Gasteiger partial charge in [0.25, 0.3) is 0 Å². The lowest BCUT2D eigenvalue weighted by Crippen LogP contribution is -2.54. The zero-order chi connectivity index (χ0) is 23.2. The molecule has 2 aliphatic heterocycles. The Morgan fingerprint density at radius 1 is 1.12 bits per heavy atom. The van der Waals surface area contributed by atoms with Crippen molar-refractivity contribution < 1.29 is 28.3 Å². The quantitative estimate of drug-likeness (QED) is 0.438. The van der Waals surface area contributed by atoms with Crippen molar-refractivity contribution in [1.29, 1.82) is 0 Å². The van der Waals surface area contributed by atoms with Gasteiger partial charge < -0.3 is 4.74 Å². The number of Topliss-reactive ketones (excluding diaryl/α,β-unsaturated/α-hetero) is 1. The zero-order valence-electron chi connectivity index (χ0n) is 17.9. The summed E-state index contributed by atoms with van der Waals surface area (Å²) in [4.78, 5) is 52.8. The maximum Gasteiger partial charge on any atom is 0.326 e.